The van der Waals surface area contributed by atoms with Crippen LogP contribution in [0.4, 0.5) is 11.4 Å². The van der Waals surface area contributed by atoms with E-state index in [-0.39, 0.29) is 42.3 Å². The van der Waals surface area contributed by atoms with Crippen molar-refractivity contribution in [1.82, 2.24) is 4.31 Å². The summed E-state index contributed by atoms with van der Waals surface area (Å²) in [6.45, 7) is 4.77. The van der Waals surface area contributed by atoms with Crippen molar-refractivity contribution in [3.8, 4) is 0 Å². The Morgan fingerprint density at radius 1 is 1.18 bits per heavy atom. The van der Waals surface area contributed by atoms with Gasteiger partial charge in [0.2, 0.25) is 21.8 Å². The highest BCUT2D eigenvalue weighted by Gasteiger charge is 2.32. The minimum Gasteiger partial charge on any atom is -0.379 e. The van der Waals surface area contributed by atoms with Gasteiger partial charge in [-0.3, -0.25) is 9.59 Å². The molecule has 2 heterocycles. The number of nitrogens with one attached hydrogen (secondary N) is 1. The molecule has 0 unspecified atom stereocenters. The molecule has 2 aromatic carbocycles. The Balaban J connectivity index is 1.66. The van der Waals surface area contributed by atoms with Crippen molar-refractivity contribution in [2.24, 2.45) is 5.92 Å². The van der Waals surface area contributed by atoms with Crippen molar-refractivity contribution in [1.29, 1.82) is 0 Å². The van der Waals surface area contributed by atoms with Crippen molar-refractivity contribution < 1.29 is 22.7 Å². The van der Waals surface area contributed by atoms with E-state index in [1.54, 1.807) is 18.2 Å². The van der Waals surface area contributed by atoms with Gasteiger partial charge in [-0.05, 0) is 36.8 Å². The lowest BCUT2D eigenvalue weighted by Gasteiger charge is -2.27. The van der Waals surface area contributed by atoms with E-state index in [1.165, 1.54) is 27.0 Å². The fraction of sp³-hybridized carbons (Fsp3) is 0.391. The Bertz CT molecular complexity index is 1160. The maximum atomic E-state index is 13.2. The number of morpholine rings is 1. The fourth-order valence-corrected chi connectivity index (χ4v) is 6.29. The Morgan fingerprint density at radius 2 is 1.91 bits per heavy atom. The van der Waals surface area contributed by atoms with Crippen LogP contribution < -0.4 is 10.2 Å². The first-order chi connectivity index (χ1) is 15.8. The van der Waals surface area contributed by atoms with Crippen LogP contribution in [-0.2, 0) is 24.3 Å². The summed E-state index contributed by atoms with van der Waals surface area (Å²) in [5.41, 5.74) is 2.04. The van der Waals surface area contributed by atoms with Crippen molar-refractivity contribution in [3.05, 3.63) is 48.0 Å². The summed E-state index contributed by atoms with van der Waals surface area (Å²) >= 11 is 1.49. The number of para-hydroxylation sites is 1. The number of carbonyl (C=O) groups excluding carboxylic acids is 2. The zero-order chi connectivity index (χ0) is 23.6. The minimum atomic E-state index is -3.74. The first kappa shape index (κ1) is 23.7. The van der Waals surface area contributed by atoms with E-state index in [0.717, 1.165) is 10.5 Å². The van der Waals surface area contributed by atoms with Gasteiger partial charge in [-0.25, -0.2) is 8.42 Å². The van der Waals surface area contributed by atoms with E-state index in [0.29, 0.717) is 30.3 Å². The van der Waals surface area contributed by atoms with E-state index in [1.807, 2.05) is 32.0 Å². The van der Waals surface area contributed by atoms with Gasteiger partial charge in [0.15, 0.2) is 0 Å². The maximum Gasteiger partial charge on any atom is 0.244 e. The largest absolute Gasteiger partial charge is 0.379 e. The average Bonchev–Trinajstić information content (AvgIpc) is 2.93. The summed E-state index contributed by atoms with van der Waals surface area (Å²) in [5, 5.41) is 2.86. The van der Waals surface area contributed by atoms with Crippen molar-refractivity contribution in [2.75, 3.05) is 48.8 Å². The van der Waals surface area contributed by atoms with E-state index in [9.17, 15) is 18.0 Å². The topological polar surface area (TPSA) is 96.0 Å². The molecule has 8 nitrogen and oxygen atoms in total. The Kier molecular flexibility index (Phi) is 7.08. The molecule has 1 saturated heterocycles. The Morgan fingerprint density at radius 3 is 2.64 bits per heavy atom. The number of hydrogen-bond donors (Lipinski definition) is 1. The van der Waals surface area contributed by atoms with E-state index >= 15 is 0 Å². The normalized spacial score (nSPS) is 19.6. The van der Waals surface area contributed by atoms with Crippen LogP contribution in [0.2, 0.25) is 0 Å². The molecule has 4 rings (SSSR count). The molecule has 2 amide bonds. The van der Waals surface area contributed by atoms with Crippen LogP contribution in [0.15, 0.2) is 52.3 Å². The fourth-order valence-electron chi connectivity index (χ4n) is 3.81. The molecule has 0 aromatic heterocycles. The predicted octanol–water partition coefficient (Wildman–Crippen LogP) is 2.73. The number of benzene rings is 2. The second-order valence-electron chi connectivity index (χ2n) is 8.15. The number of thioether (sulfide) groups is 1. The van der Waals surface area contributed by atoms with E-state index < -0.39 is 10.0 Å². The van der Waals surface area contributed by atoms with E-state index in [2.05, 4.69) is 5.32 Å². The predicted molar refractivity (Wildman–Crippen MR) is 128 cm³/mol. The number of nitrogens with zero attached hydrogens (tertiary/aromatic N) is 2. The smallest absolute Gasteiger partial charge is 0.244 e. The molecule has 1 atom stereocenters. The summed E-state index contributed by atoms with van der Waals surface area (Å²) in [4.78, 5) is 28.4. The quantitative estimate of drug-likeness (QED) is 0.694. The minimum absolute atomic E-state index is 0.107. The molecule has 0 saturated carbocycles. The molecule has 0 radical (unpaired) electrons. The molecule has 1 N–H and O–H groups in total. The summed E-state index contributed by atoms with van der Waals surface area (Å²) < 4.78 is 33.1. The number of fused-ring (bicyclic) bond motifs is 1. The highest BCUT2D eigenvalue weighted by molar-refractivity contribution is 7.99. The third-order valence-corrected chi connectivity index (χ3v) is 8.94. The lowest BCUT2D eigenvalue weighted by molar-refractivity contribution is -0.123. The lowest BCUT2D eigenvalue weighted by atomic mass is 10.1. The second kappa shape index (κ2) is 9.84. The van der Waals surface area contributed by atoms with Crippen LogP contribution in [0.3, 0.4) is 0 Å². The van der Waals surface area contributed by atoms with Gasteiger partial charge in [-0.15, -0.1) is 11.8 Å². The maximum absolute atomic E-state index is 13.2. The SMILES string of the molecule is Cc1ccccc1NC(=O)CN1C(=O)[C@H](C)CSc2ccc(S(=O)(=O)N3CCOCC3)cc21. The van der Waals surface area contributed by atoms with Crippen LogP contribution >= 0.6 is 11.8 Å². The third-order valence-electron chi connectivity index (χ3n) is 5.73. The van der Waals surface area contributed by atoms with Crippen LogP contribution in [0.1, 0.15) is 12.5 Å². The second-order valence-corrected chi connectivity index (χ2v) is 11.1. The Labute approximate surface area is 198 Å². The molecule has 2 aliphatic rings. The molecule has 10 heteroatoms. The van der Waals surface area contributed by atoms with Gasteiger partial charge in [-0.1, -0.05) is 25.1 Å². The zero-order valence-electron chi connectivity index (χ0n) is 18.6. The highest BCUT2D eigenvalue weighted by atomic mass is 32.2. The van der Waals surface area contributed by atoms with Crippen molar-refractivity contribution in [2.45, 2.75) is 23.6 Å². The van der Waals surface area contributed by atoms with Gasteiger partial charge in [0.05, 0.1) is 23.8 Å². The standard InChI is InChI=1S/C23H27N3O5S2/c1-16-5-3-4-6-19(16)24-22(27)14-26-20-13-18(33(29,30)25-9-11-31-12-10-25)7-8-21(20)32-15-17(2)23(26)28/h3-8,13,17H,9-12,14-15H2,1-2H3,(H,24,27)/t17-/m1/s1. The summed E-state index contributed by atoms with van der Waals surface area (Å²) in [7, 11) is -3.74. The molecule has 0 spiro atoms. The van der Waals surface area contributed by atoms with Crippen LogP contribution in [0, 0.1) is 12.8 Å². The first-order valence-corrected chi connectivity index (χ1v) is 13.2. The van der Waals surface area contributed by atoms with Crippen molar-refractivity contribution in [3.63, 3.8) is 0 Å². The van der Waals surface area contributed by atoms with E-state index in [4.69, 9.17) is 4.74 Å². The number of amides is 2. The molecular formula is C23H27N3O5S2. The van der Waals surface area contributed by atoms with Crippen molar-refractivity contribution >= 4 is 45.0 Å². The summed E-state index contributed by atoms with van der Waals surface area (Å²) in [6.07, 6.45) is 0. The Hall–Kier alpha value is -2.40. The third kappa shape index (κ3) is 5.08. The number of ether oxygens (including phenoxy) is 1. The number of carbonyl (C=O) groups is 2. The number of hydrogen-bond acceptors (Lipinski definition) is 6. The molecule has 0 aliphatic carbocycles. The van der Waals surface area contributed by atoms with Gasteiger partial charge < -0.3 is 15.0 Å². The summed E-state index contributed by atoms with van der Waals surface area (Å²) in [6, 6.07) is 12.2. The lowest BCUT2D eigenvalue weighted by Crippen LogP contribution is -2.42. The first-order valence-electron chi connectivity index (χ1n) is 10.8. The molecule has 1 fully saturated rings. The van der Waals surface area contributed by atoms with Gasteiger partial charge in [0.1, 0.15) is 6.54 Å². The van der Waals surface area contributed by atoms with Crippen LogP contribution in [-0.4, -0.2) is 63.1 Å². The van der Waals surface area contributed by atoms with Gasteiger partial charge in [-0.2, -0.15) is 4.31 Å². The molecule has 2 aromatic rings. The van der Waals surface area contributed by atoms with Gasteiger partial charge >= 0.3 is 0 Å². The van der Waals surface area contributed by atoms with Gasteiger partial charge in [0.25, 0.3) is 0 Å². The van der Waals surface area contributed by atoms with Crippen LogP contribution in [0.25, 0.3) is 0 Å². The van der Waals surface area contributed by atoms with Crippen LogP contribution in [0.5, 0.6) is 0 Å². The highest BCUT2D eigenvalue weighted by Crippen LogP contribution is 2.38. The number of aryl methyl sites for hydroxylation is 1. The molecule has 176 valence electrons. The monoisotopic (exact) mass is 489 g/mol. The summed E-state index contributed by atoms with van der Waals surface area (Å²) in [5.74, 6) is -0.309. The zero-order valence-corrected chi connectivity index (χ0v) is 20.2. The number of sulfonamides is 1. The van der Waals surface area contributed by atoms with Gasteiger partial charge in [0, 0.05) is 35.3 Å². The molecular weight excluding hydrogens is 462 g/mol. The average molecular weight is 490 g/mol. The molecule has 2 aliphatic heterocycles. The molecule has 33 heavy (non-hydrogen) atoms. The number of anilines is 2. The molecule has 0 bridgehead atoms. The number of rotatable bonds is 5.